The topological polar surface area (TPSA) is 75.3 Å². The number of fused-ring (bicyclic) bond motifs is 1. The molecule has 0 unspecified atom stereocenters. The van der Waals surface area contributed by atoms with E-state index in [0.29, 0.717) is 27.5 Å². The fourth-order valence-electron chi connectivity index (χ4n) is 3.22. The van der Waals surface area contributed by atoms with E-state index in [1.54, 1.807) is 6.92 Å². The summed E-state index contributed by atoms with van der Waals surface area (Å²) in [5, 5.41) is 0.535. The number of aromatic amines is 1. The molecule has 124 valence electrons. The summed E-state index contributed by atoms with van der Waals surface area (Å²) in [6, 6.07) is 0. The van der Waals surface area contributed by atoms with Gasteiger partial charge in [-0.15, -0.1) is 11.3 Å². The Bertz CT molecular complexity index is 801. The van der Waals surface area contributed by atoms with Crippen LogP contribution in [0.4, 0.5) is 0 Å². The van der Waals surface area contributed by atoms with Gasteiger partial charge >= 0.3 is 0 Å². The van der Waals surface area contributed by atoms with Gasteiger partial charge in [0.2, 0.25) is 0 Å². The quantitative estimate of drug-likeness (QED) is 0.870. The van der Waals surface area contributed by atoms with Crippen LogP contribution in [0.1, 0.15) is 41.8 Å². The number of hydrogen-bond donors (Lipinski definition) is 1. The maximum Gasteiger partial charge on any atom is 0.259 e. The van der Waals surface area contributed by atoms with E-state index < -0.39 is 0 Å². The molecule has 2 aromatic rings. The van der Waals surface area contributed by atoms with E-state index >= 15 is 0 Å². The summed E-state index contributed by atoms with van der Waals surface area (Å²) >= 11 is 1.30. The molecule has 2 aromatic heterocycles. The van der Waals surface area contributed by atoms with E-state index in [-0.39, 0.29) is 23.6 Å². The van der Waals surface area contributed by atoms with Crippen molar-refractivity contribution in [3.63, 3.8) is 0 Å². The molecular weight excluding hydrogens is 314 g/mol. The first-order valence-electron chi connectivity index (χ1n) is 7.76. The molecule has 3 heterocycles. The Morgan fingerprint density at radius 2 is 2.04 bits per heavy atom. The highest BCUT2D eigenvalue weighted by atomic mass is 32.1. The third-order valence-corrected chi connectivity index (χ3v) is 5.32. The smallest absolute Gasteiger partial charge is 0.259 e. The summed E-state index contributed by atoms with van der Waals surface area (Å²) in [7, 11) is 0. The summed E-state index contributed by atoms with van der Waals surface area (Å²) in [4.78, 5) is 35.0. The van der Waals surface area contributed by atoms with Gasteiger partial charge in [0, 0.05) is 13.1 Å². The van der Waals surface area contributed by atoms with Crippen LogP contribution >= 0.6 is 11.3 Å². The van der Waals surface area contributed by atoms with E-state index in [9.17, 15) is 9.59 Å². The zero-order valence-electron chi connectivity index (χ0n) is 13.8. The van der Waals surface area contributed by atoms with Crippen molar-refractivity contribution in [3.8, 4) is 0 Å². The predicted molar refractivity (Wildman–Crippen MR) is 90.3 cm³/mol. The van der Waals surface area contributed by atoms with Gasteiger partial charge in [-0.3, -0.25) is 14.5 Å². The molecule has 1 saturated heterocycles. The zero-order chi connectivity index (χ0) is 16.7. The molecule has 1 aliphatic rings. The summed E-state index contributed by atoms with van der Waals surface area (Å²) in [5.74, 6) is 0.613. The second-order valence-corrected chi connectivity index (χ2v) is 7.26. The average molecular weight is 335 g/mol. The number of nitrogens with one attached hydrogen (secondary N) is 1. The summed E-state index contributed by atoms with van der Waals surface area (Å²) < 4.78 is 5.72. The van der Waals surface area contributed by atoms with Crippen LogP contribution in [0.15, 0.2) is 4.79 Å². The summed E-state index contributed by atoms with van der Waals surface area (Å²) in [5.41, 5.74) is 0.562. The van der Waals surface area contributed by atoms with Crippen molar-refractivity contribution in [2.24, 2.45) is 0 Å². The number of thiophene rings is 1. The van der Waals surface area contributed by atoms with Gasteiger partial charge in [0.15, 0.2) is 5.78 Å². The Balaban J connectivity index is 1.94. The molecule has 0 bridgehead atoms. The van der Waals surface area contributed by atoms with Crippen molar-refractivity contribution in [2.45, 2.75) is 46.4 Å². The fourth-order valence-corrected chi connectivity index (χ4v) is 4.32. The molecule has 6 nitrogen and oxygen atoms in total. The van der Waals surface area contributed by atoms with Crippen LogP contribution in [0.2, 0.25) is 0 Å². The molecule has 1 fully saturated rings. The lowest BCUT2D eigenvalue weighted by molar-refractivity contribution is -0.0710. The van der Waals surface area contributed by atoms with Gasteiger partial charge in [-0.2, -0.15) is 0 Å². The largest absolute Gasteiger partial charge is 0.373 e. The Morgan fingerprint density at radius 3 is 2.65 bits per heavy atom. The minimum Gasteiger partial charge on any atom is -0.373 e. The van der Waals surface area contributed by atoms with Gasteiger partial charge in [-0.05, 0) is 33.3 Å². The Hall–Kier alpha value is -1.57. The Kier molecular flexibility index (Phi) is 4.35. The Morgan fingerprint density at radius 1 is 1.39 bits per heavy atom. The molecule has 7 heteroatoms. The summed E-state index contributed by atoms with van der Waals surface area (Å²) in [6.07, 6.45) is 0.338. The molecule has 1 aliphatic heterocycles. The first kappa shape index (κ1) is 16.3. The van der Waals surface area contributed by atoms with E-state index in [2.05, 4.69) is 14.9 Å². The van der Waals surface area contributed by atoms with Crippen LogP contribution in [-0.4, -0.2) is 45.9 Å². The highest BCUT2D eigenvalue weighted by Gasteiger charge is 2.23. The Labute approximate surface area is 138 Å². The van der Waals surface area contributed by atoms with Gasteiger partial charge in [0.1, 0.15) is 10.7 Å². The second-order valence-electron chi connectivity index (χ2n) is 6.26. The number of rotatable bonds is 3. The zero-order valence-corrected chi connectivity index (χ0v) is 14.6. The highest BCUT2D eigenvalue weighted by molar-refractivity contribution is 7.20. The lowest BCUT2D eigenvalue weighted by Gasteiger charge is -2.34. The van der Waals surface area contributed by atoms with Crippen LogP contribution < -0.4 is 5.56 Å². The molecule has 0 aliphatic carbocycles. The van der Waals surface area contributed by atoms with Gasteiger partial charge < -0.3 is 9.72 Å². The van der Waals surface area contributed by atoms with Gasteiger partial charge in [0.05, 0.1) is 29.0 Å². The monoisotopic (exact) mass is 335 g/mol. The molecule has 0 spiro atoms. The maximum absolute atomic E-state index is 12.4. The number of carbonyl (C=O) groups is 1. The van der Waals surface area contributed by atoms with Crippen molar-refractivity contribution in [1.82, 2.24) is 14.9 Å². The number of ether oxygens (including phenoxy) is 1. The number of Topliss-reactive ketones (excluding diaryl/α,β-unsaturated/α-hetero) is 1. The summed E-state index contributed by atoms with van der Waals surface area (Å²) in [6.45, 7) is 9.62. The van der Waals surface area contributed by atoms with E-state index in [1.807, 2.05) is 13.8 Å². The molecule has 2 atom stereocenters. The standard InChI is InChI=1S/C16H21N3O3S/c1-8-5-19(6-9(2)22-8)7-12-17-15(21)13-10(3)14(11(4)20)23-16(13)18-12/h8-9H,5-7H2,1-4H3,(H,17,18,21)/t8-,9+. The van der Waals surface area contributed by atoms with Crippen molar-refractivity contribution in [2.75, 3.05) is 13.1 Å². The van der Waals surface area contributed by atoms with Crippen LogP contribution in [0.3, 0.4) is 0 Å². The van der Waals surface area contributed by atoms with E-state index in [4.69, 9.17) is 4.74 Å². The maximum atomic E-state index is 12.4. The van der Waals surface area contributed by atoms with Crippen LogP contribution in [0.5, 0.6) is 0 Å². The van der Waals surface area contributed by atoms with Gasteiger partial charge in [-0.25, -0.2) is 4.98 Å². The molecule has 0 aromatic carbocycles. The third-order valence-electron chi connectivity index (χ3n) is 4.04. The SMILES string of the molecule is CC(=O)c1sc2nc(CN3C[C@@H](C)O[C@@H](C)C3)[nH]c(=O)c2c1C. The van der Waals surface area contributed by atoms with Gasteiger partial charge in [-0.1, -0.05) is 0 Å². The predicted octanol–water partition coefficient (Wildman–Crippen LogP) is 2.10. The van der Waals surface area contributed by atoms with Crippen molar-refractivity contribution < 1.29 is 9.53 Å². The number of morpholine rings is 1. The molecule has 0 amide bonds. The van der Waals surface area contributed by atoms with Crippen LogP contribution in [-0.2, 0) is 11.3 Å². The number of ketones is 1. The molecule has 0 saturated carbocycles. The van der Waals surface area contributed by atoms with Crippen LogP contribution in [0.25, 0.3) is 10.2 Å². The number of hydrogen-bond acceptors (Lipinski definition) is 6. The number of nitrogens with zero attached hydrogens (tertiary/aromatic N) is 2. The van der Waals surface area contributed by atoms with Crippen molar-refractivity contribution in [1.29, 1.82) is 0 Å². The van der Waals surface area contributed by atoms with E-state index in [1.165, 1.54) is 18.3 Å². The fraction of sp³-hybridized carbons (Fsp3) is 0.562. The molecule has 1 N–H and O–H groups in total. The lowest BCUT2D eigenvalue weighted by Crippen LogP contribution is -2.45. The lowest BCUT2D eigenvalue weighted by atomic mass is 10.2. The third kappa shape index (κ3) is 3.22. The number of carbonyl (C=O) groups excluding carboxylic acids is 1. The van der Waals surface area contributed by atoms with Crippen LogP contribution in [0, 0.1) is 6.92 Å². The highest BCUT2D eigenvalue weighted by Crippen LogP contribution is 2.27. The molecule has 0 radical (unpaired) electrons. The second kappa shape index (κ2) is 6.14. The minimum absolute atomic E-state index is 0.0257. The van der Waals surface area contributed by atoms with Gasteiger partial charge in [0.25, 0.3) is 5.56 Å². The normalized spacial score (nSPS) is 22.6. The molecular formula is C16H21N3O3S. The van der Waals surface area contributed by atoms with Crippen molar-refractivity contribution in [3.05, 3.63) is 26.6 Å². The number of aryl methyl sites for hydroxylation is 1. The van der Waals surface area contributed by atoms with E-state index in [0.717, 1.165) is 18.7 Å². The average Bonchev–Trinajstić information content (AvgIpc) is 2.75. The van der Waals surface area contributed by atoms with Crippen molar-refractivity contribution >= 4 is 27.3 Å². The minimum atomic E-state index is -0.166. The number of H-pyrrole nitrogens is 1. The molecule has 3 rings (SSSR count). The number of aromatic nitrogens is 2. The first-order chi connectivity index (χ1) is 10.8. The molecule has 23 heavy (non-hydrogen) atoms. The first-order valence-corrected chi connectivity index (χ1v) is 8.58.